The summed E-state index contributed by atoms with van der Waals surface area (Å²) in [5.74, 6) is -0.726. The van der Waals surface area contributed by atoms with Crippen LogP contribution in [0.3, 0.4) is 0 Å². The maximum atomic E-state index is 12.6. The summed E-state index contributed by atoms with van der Waals surface area (Å²) >= 11 is 0. The van der Waals surface area contributed by atoms with Crippen LogP contribution in [0.25, 0.3) is 0 Å². The van der Waals surface area contributed by atoms with E-state index < -0.39 is 18.0 Å². The van der Waals surface area contributed by atoms with Crippen molar-refractivity contribution in [1.82, 2.24) is 10.6 Å². The second kappa shape index (κ2) is 11.1. The van der Waals surface area contributed by atoms with Crippen molar-refractivity contribution in [1.29, 1.82) is 0 Å². The second-order valence-corrected chi connectivity index (χ2v) is 7.83. The van der Waals surface area contributed by atoms with E-state index in [2.05, 4.69) is 10.6 Å². The Morgan fingerprint density at radius 3 is 2.31 bits per heavy atom. The lowest BCUT2D eigenvalue weighted by Gasteiger charge is -2.37. The molecule has 32 heavy (non-hydrogen) atoms. The molecule has 0 radical (unpaired) electrons. The van der Waals surface area contributed by atoms with Crippen LogP contribution in [0, 0.1) is 0 Å². The SMILES string of the molecule is COc1cccc(C(=O)NC[C@H]2OCCOC(C)(C)O[C@H]2CNC(=O)c2ccccc2)c1. The van der Waals surface area contributed by atoms with E-state index in [1.807, 2.05) is 19.9 Å². The molecule has 0 bridgehead atoms. The number of ether oxygens (including phenoxy) is 4. The zero-order valence-electron chi connectivity index (χ0n) is 18.6. The first-order chi connectivity index (χ1) is 15.4. The zero-order valence-corrected chi connectivity index (χ0v) is 18.6. The lowest BCUT2D eigenvalue weighted by Crippen LogP contribution is -2.52. The van der Waals surface area contributed by atoms with Gasteiger partial charge in [-0.1, -0.05) is 24.3 Å². The summed E-state index contributed by atoms with van der Waals surface area (Å²) < 4.78 is 22.9. The van der Waals surface area contributed by atoms with Crippen molar-refractivity contribution in [3.05, 3.63) is 65.7 Å². The van der Waals surface area contributed by atoms with E-state index in [1.54, 1.807) is 55.6 Å². The molecule has 8 nitrogen and oxygen atoms in total. The molecular weight excluding hydrogens is 412 g/mol. The van der Waals surface area contributed by atoms with Crippen LogP contribution in [0.15, 0.2) is 54.6 Å². The van der Waals surface area contributed by atoms with Crippen molar-refractivity contribution in [3.63, 3.8) is 0 Å². The van der Waals surface area contributed by atoms with Gasteiger partial charge < -0.3 is 29.6 Å². The van der Waals surface area contributed by atoms with Gasteiger partial charge in [-0.25, -0.2) is 0 Å². The van der Waals surface area contributed by atoms with Gasteiger partial charge in [0, 0.05) is 24.2 Å². The third kappa shape index (κ3) is 6.78. The van der Waals surface area contributed by atoms with Crippen molar-refractivity contribution in [2.45, 2.75) is 31.8 Å². The number of nitrogens with one attached hydrogen (secondary N) is 2. The van der Waals surface area contributed by atoms with Gasteiger partial charge in [-0.05, 0) is 44.2 Å². The summed E-state index contributed by atoms with van der Waals surface area (Å²) in [6.45, 7) is 4.73. The molecule has 2 N–H and O–H groups in total. The van der Waals surface area contributed by atoms with E-state index in [0.717, 1.165) is 0 Å². The fourth-order valence-electron chi connectivity index (χ4n) is 3.38. The molecule has 0 aromatic heterocycles. The Morgan fingerprint density at radius 1 is 0.938 bits per heavy atom. The van der Waals surface area contributed by atoms with Crippen LogP contribution in [0.5, 0.6) is 5.75 Å². The Balaban J connectivity index is 1.66. The van der Waals surface area contributed by atoms with E-state index >= 15 is 0 Å². The molecule has 0 spiro atoms. The average molecular weight is 443 g/mol. The average Bonchev–Trinajstić information content (AvgIpc) is 2.80. The highest BCUT2D eigenvalue weighted by Gasteiger charge is 2.33. The predicted octanol–water partition coefficient (Wildman–Crippen LogP) is 2.39. The Labute approximate surface area is 188 Å². The number of carbonyl (C=O) groups excluding carboxylic acids is 2. The molecule has 1 heterocycles. The van der Waals surface area contributed by atoms with Gasteiger partial charge in [-0.2, -0.15) is 0 Å². The van der Waals surface area contributed by atoms with Crippen LogP contribution < -0.4 is 15.4 Å². The molecule has 3 rings (SSSR count). The van der Waals surface area contributed by atoms with Gasteiger partial charge in [0.1, 0.15) is 18.0 Å². The second-order valence-electron chi connectivity index (χ2n) is 7.83. The van der Waals surface area contributed by atoms with E-state index in [4.69, 9.17) is 18.9 Å². The van der Waals surface area contributed by atoms with Crippen molar-refractivity contribution in [2.24, 2.45) is 0 Å². The number of rotatable bonds is 7. The topological polar surface area (TPSA) is 95.1 Å². The third-order valence-corrected chi connectivity index (χ3v) is 5.01. The number of carbonyl (C=O) groups is 2. The molecule has 1 aliphatic heterocycles. The van der Waals surface area contributed by atoms with Crippen molar-refractivity contribution in [2.75, 3.05) is 33.4 Å². The summed E-state index contributed by atoms with van der Waals surface area (Å²) in [7, 11) is 1.55. The maximum absolute atomic E-state index is 12.6. The Hall–Kier alpha value is -2.94. The lowest BCUT2D eigenvalue weighted by molar-refractivity contribution is -0.277. The minimum Gasteiger partial charge on any atom is -0.497 e. The fourth-order valence-corrected chi connectivity index (χ4v) is 3.38. The first kappa shape index (κ1) is 23.7. The molecule has 172 valence electrons. The fraction of sp³-hybridized carbons (Fsp3) is 0.417. The minimum atomic E-state index is -0.860. The van der Waals surface area contributed by atoms with Crippen LogP contribution in [-0.4, -0.2) is 63.2 Å². The largest absolute Gasteiger partial charge is 0.497 e. The number of hydrogen-bond donors (Lipinski definition) is 2. The number of amides is 2. The first-order valence-corrected chi connectivity index (χ1v) is 10.6. The molecule has 2 atom stereocenters. The quantitative estimate of drug-likeness (QED) is 0.684. The molecule has 2 amide bonds. The molecule has 1 fully saturated rings. The third-order valence-electron chi connectivity index (χ3n) is 5.01. The number of hydrogen-bond acceptors (Lipinski definition) is 6. The summed E-state index contributed by atoms with van der Waals surface area (Å²) in [5.41, 5.74) is 1.03. The van der Waals surface area contributed by atoms with Gasteiger partial charge in [0.2, 0.25) is 0 Å². The summed E-state index contributed by atoms with van der Waals surface area (Å²) in [6, 6.07) is 15.8. The van der Waals surface area contributed by atoms with Gasteiger partial charge in [-0.15, -0.1) is 0 Å². The summed E-state index contributed by atoms with van der Waals surface area (Å²) in [5, 5.41) is 5.78. The Morgan fingerprint density at radius 2 is 1.59 bits per heavy atom. The van der Waals surface area contributed by atoms with E-state index in [9.17, 15) is 9.59 Å². The lowest BCUT2D eigenvalue weighted by atomic mass is 10.1. The molecule has 0 aliphatic carbocycles. The van der Waals surface area contributed by atoms with Gasteiger partial charge in [0.05, 0.1) is 20.3 Å². The number of benzene rings is 2. The van der Waals surface area contributed by atoms with Crippen molar-refractivity contribution >= 4 is 11.8 Å². The molecule has 2 aromatic rings. The molecular formula is C24H30N2O6. The van der Waals surface area contributed by atoms with Crippen LogP contribution in [0.2, 0.25) is 0 Å². The first-order valence-electron chi connectivity index (χ1n) is 10.6. The molecule has 8 heteroatoms. The summed E-state index contributed by atoms with van der Waals surface area (Å²) in [6.07, 6.45) is -1.02. The van der Waals surface area contributed by atoms with Crippen LogP contribution >= 0.6 is 0 Å². The highest BCUT2D eigenvalue weighted by Crippen LogP contribution is 2.20. The molecule has 0 saturated carbocycles. The normalized spacial score (nSPS) is 20.5. The maximum Gasteiger partial charge on any atom is 0.251 e. The minimum absolute atomic E-state index is 0.195. The van der Waals surface area contributed by atoms with Crippen LogP contribution in [0.1, 0.15) is 34.6 Å². The van der Waals surface area contributed by atoms with E-state index in [0.29, 0.717) is 30.1 Å². The zero-order chi connectivity index (χ0) is 23.0. The highest BCUT2D eigenvalue weighted by atomic mass is 16.7. The van der Waals surface area contributed by atoms with Crippen molar-refractivity contribution in [3.8, 4) is 5.75 Å². The number of methoxy groups -OCH3 is 1. The highest BCUT2D eigenvalue weighted by molar-refractivity contribution is 5.94. The molecule has 1 saturated heterocycles. The Bertz CT molecular complexity index is 902. The van der Waals surface area contributed by atoms with Crippen LogP contribution in [-0.2, 0) is 14.2 Å². The van der Waals surface area contributed by atoms with Crippen molar-refractivity contribution < 1.29 is 28.5 Å². The monoisotopic (exact) mass is 442 g/mol. The van der Waals surface area contributed by atoms with Gasteiger partial charge in [0.15, 0.2) is 5.79 Å². The standard InChI is InChI=1S/C24H30N2O6/c1-24(2)31-13-12-30-20(15-25-23(28)18-10-7-11-19(14-18)29-3)21(32-24)16-26-22(27)17-8-5-4-6-9-17/h4-11,14,20-21H,12-13,15-16H2,1-3H3,(H,25,28)(H,26,27)/t20-,21+/m1/s1. The Kier molecular flexibility index (Phi) is 8.21. The molecule has 0 unspecified atom stereocenters. The smallest absolute Gasteiger partial charge is 0.251 e. The van der Waals surface area contributed by atoms with E-state index in [1.165, 1.54) is 0 Å². The van der Waals surface area contributed by atoms with E-state index in [-0.39, 0.29) is 24.9 Å². The predicted molar refractivity (Wildman–Crippen MR) is 119 cm³/mol. The molecule has 2 aromatic carbocycles. The van der Waals surface area contributed by atoms with Gasteiger partial charge in [-0.3, -0.25) is 9.59 Å². The van der Waals surface area contributed by atoms with Crippen LogP contribution in [0.4, 0.5) is 0 Å². The van der Waals surface area contributed by atoms with Gasteiger partial charge in [0.25, 0.3) is 11.8 Å². The summed E-state index contributed by atoms with van der Waals surface area (Å²) in [4.78, 5) is 25.1. The molecule has 1 aliphatic rings. The van der Waals surface area contributed by atoms with Gasteiger partial charge >= 0.3 is 0 Å².